The van der Waals surface area contributed by atoms with Gasteiger partial charge in [0.15, 0.2) is 0 Å². The Morgan fingerprint density at radius 2 is 2.00 bits per heavy atom. The van der Waals surface area contributed by atoms with Gasteiger partial charge in [-0.05, 0) is 37.0 Å². The van der Waals surface area contributed by atoms with E-state index >= 15 is 0 Å². The van der Waals surface area contributed by atoms with Crippen molar-refractivity contribution < 1.29 is 8.42 Å². The third kappa shape index (κ3) is 2.04. The maximum absolute atomic E-state index is 11.1. The van der Waals surface area contributed by atoms with Gasteiger partial charge in [-0.15, -0.1) is 0 Å². The summed E-state index contributed by atoms with van der Waals surface area (Å²) in [6.07, 6.45) is 0.663. The van der Waals surface area contributed by atoms with E-state index in [-0.39, 0.29) is 11.2 Å². The molecule has 1 fully saturated rings. The van der Waals surface area contributed by atoms with Crippen molar-refractivity contribution in [2.45, 2.75) is 31.4 Å². The summed E-state index contributed by atoms with van der Waals surface area (Å²) in [5.74, 6) is 0.104. The van der Waals surface area contributed by atoms with Gasteiger partial charge in [-0.25, -0.2) is 8.42 Å². The summed E-state index contributed by atoms with van der Waals surface area (Å²) in [5, 5.41) is -0.375. The molecule has 0 aliphatic heterocycles. The summed E-state index contributed by atoms with van der Waals surface area (Å²) in [6, 6.07) is 5.99. The molecule has 0 bridgehead atoms. The predicted molar refractivity (Wildman–Crippen MR) is 61.8 cm³/mol. The summed E-state index contributed by atoms with van der Waals surface area (Å²) in [7, 11) is 1.96. The average Bonchev–Trinajstić information content (AvgIpc) is 2.88. The van der Waals surface area contributed by atoms with Gasteiger partial charge >= 0.3 is 0 Å². The minimum Gasteiger partial charge on any atom is -0.212 e. The van der Waals surface area contributed by atoms with Crippen LogP contribution in [0.2, 0.25) is 0 Å². The number of aryl methyl sites for hydroxylation is 1. The molecule has 0 saturated heterocycles. The van der Waals surface area contributed by atoms with Crippen molar-refractivity contribution >= 4 is 19.7 Å². The van der Waals surface area contributed by atoms with Crippen molar-refractivity contribution in [2.24, 2.45) is 0 Å². The van der Waals surface area contributed by atoms with Crippen LogP contribution in [-0.4, -0.2) is 13.7 Å². The highest BCUT2D eigenvalue weighted by Crippen LogP contribution is 2.48. The van der Waals surface area contributed by atoms with E-state index in [0.29, 0.717) is 6.42 Å². The zero-order chi connectivity index (χ0) is 11.2. The topological polar surface area (TPSA) is 34.1 Å². The molecule has 82 valence electrons. The molecular formula is C11H13ClO2S. The van der Waals surface area contributed by atoms with Crippen LogP contribution in [0, 0.1) is 13.8 Å². The van der Waals surface area contributed by atoms with Gasteiger partial charge in [0, 0.05) is 16.6 Å². The molecule has 0 heterocycles. The number of halogens is 1. The van der Waals surface area contributed by atoms with Gasteiger partial charge in [0.25, 0.3) is 0 Å². The van der Waals surface area contributed by atoms with E-state index < -0.39 is 9.05 Å². The monoisotopic (exact) mass is 244 g/mol. The van der Waals surface area contributed by atoms with E-state index in [1.807, 2.05) is 32.0 Å². The predicted octanol–water partition coefficient (Wildman–Crippen LogP) is 2.73. The molecule has 2 atom stereocenters. The minimum atomic E-state index is -3.38. The van der Waals surface area contributed by atoms with Gasteiger partial charge in [-0.2, -0.15) is 0 Å². The highest BCUT2D eigenvalue weighted by Gasteiger charge is 2.47. The summed E-state index contributed by atoms with van der Waals surface area (Å²) in [4.78, 5) is 0. The standard InChI is InChI=1S/C11H13ClO2S/c1-7-4-3-5-9(8(7)2)10-6-11(10)15(12,13)14/h3-5,10-11H,6H2,1-2H3. The lowest BCUT2D eigenvalue weighted by Gasteiger charge is -2.07. The Labute approximate surface area is 94.7 Å². The number of benzene rings is 1. The number of rotatable bonds is 2. The molecule has 2 nitrogen and oxygen atoms in total. The van der Waals surface area contributed by atoms with E-state index in [0.717, 1.165) is 5.56 Å². The molecule has 4 heteroatoms. The molecule has 1 aliphatic rings. The molecule has 1 aromatic carbocycles. The fourth-order valence-corrected chi connectivity index (χ4v) is 3.55. The van der Waals surface area contributed by atoms with Crippen molar-refractivity contribution in [1.29, 1.82) is 0 Å². The SMILES string of the molecule is Cc1cccc(C2CC2S(=O)(=O)Cl)c1C. The highest BCUT2D eigenvalue weighted by atomic mass is 35.7. The molecule has 1 aromatic rings. The normalized spacial score (nSPS) is 25.3. The Balaban J connectivity index is 2.32. The molecule has 0 amide bonds. The van der Waals surface area contributed by atoms with Crippen LogP contribution in [0.25, 0.3) is 0 Å². The molecule has 0 radical (unpaired) electrons. The average molecular weight is 245 g/mol. The van der Waals surface area contributed by atoms with Crippen molar-refractivity contribution in [3.63, 3.8) is 0 Å². The molecule has 0 spiro atoms. The van der Waals surface area contributed by atoms with E-state index in [1.54, 1.807) is 0 Å². The van der Waals surface area contributed by atoms with Gasteiger partial charge in [0.2, 0.25) is 9.05 Å². The molecule has 15 heavy (non-hydrogen) atoms. The molecule has 2 unspecified atom stereocenters. The zero-order valence-corrected chi connectivity index (χ0v) is 10.3. The third-order valence-corrected chi connectivity index (χ3v) is 5.07. The minimum absolute atomic E-state index is 0.104. The Bertz CT molecular complexity index is 493. The van der Waals surface area contributed by atoms with E-state index in [1.165, 1.54) is 11.1 Å². The lowest BCUT2D eigenvalue weighted by molar-refractivity contribution is 0.607. The Hall–Kier alpha value is -0.540. The molecule has 0 aromatic heterocycles. The van der Waals surface area contributed by atoms with Crippen LogP contribution in [0.5, 0.6) is 0 Å². The van der Waals surface area contributed by atoms with Gasteiger partial charge in [-0.1, -0.05) is 18.2 Å². The Morgan fingerprint density at radius 3 is 2.53 bits per heavy atom. The van der Waals surface area contributed by atoms with Crippen LogP contribution in [-0.2, 0) is 9.05 Å². The second-order valence-corrected chi connectivity index (χ2v) is 6.99. The quantitative estimate of drug-likeness (QED) is 0.750. The van der Waals surface area contributed by atoms with Crippen LogP contribution < -0.4 is 0 Å². The number of hydrogen-bond acceptors (Lipinski definition) is 2. The molecule has 1 aliphatic carbocycles. The van der Waals surface area contributed by atoms with Crippen molar-refractivity contribution in [3.05, 3.63) is 34.9 Å². The maximum Gasteiger partial charge on any atom is 0.236 e. The summed E-state index contributed by atoms with van der Waals surface area (Å²) < 4.78 is 22.3. The maximum atomic E-state index is 11.1. The van der Waals surface area contributed by atoms with Crippen LogP contribution >= 0.6 is 10.7 Å². The second kappa shape index (κ2) is 3.49. The fraction of sp³-hybridized carbons (Fsp3) is 0.455. The number of hydrogen-bond donors (Lipinski definition) is 0. The highest BCUT2D eigenvalue weighted by molar-refractivity contribution is 8.14. The van der Waals surface area contributed by atoms with Crippen LogP contribution in [0.15, 0.2) is 18.2 Å². The largest absolute Gasteiger partial charge is 0.236 e. The van der Waals surface area contributed by atoms with Crippen LogP contribution in [0.4, 0.5) is 0 Å². The Kier molecular flexibility index (Phi) is 2.55. The van der Waals surface area contributed by atoms with Gasteiger partial charge in [-0.3, -0.25) is 0 Å². The molecular weight excluding hydrogens is 232 g/mol. The molecule has 1 saturated carbocycles. The van der Waals surface area contributed by atoms with Crippen molar-refractivity contribution in [3.8, 4) is 0 Å². The van der Waals surface area contributed by atoms with E-state index in [9.17, 15) is 8.42 Å². The first-order valence-electron chi connectivity index (χ1n) is 4.91. The third-order valence-electron chi connectivity index (χ3n) is 3.14. The Morgan fingerprint density at radius 1 is 1.33 bits per heavy atom. The first-order chi connectivity index (χ1) is 6.91. The van der Waals surface area contributed by atoms with Gasteiger partial charge in [0.05, 0.1) is 5.25 Å². The smallest absolute Gasteiger partial charge is 0.212 e. The van der Waals surface area contributed by atoms with E-state index in [2.05, 4.69) is 0 Å². The van der Waals surface area contributed by atoms with E-state index in [4.69, 9.17) is 10.7 Å². The molecule has 2 rings (SSSR count). The second-order valence-electron chi connectivity index (χ2n) is 4.15. The van der Waals surface area contributed by atoms with Crippen LogP contribution in [0.3, 0.4) is 0 Å². The fourth-order valence-electron chi connectivity index (χ4n) is 1.99. The summed E-state index contributed by atoms with van der Waals surface area (Å²) >= 11 is 0. The van der Waals surface area contributed by atoms with Gasteiger partial charge < -0.3 is 0 Å². The van der Waals surface area contributed by atoms with Gasteiger partial charge in [0.1, 0.15) is 0 Å². The molecule has 0 N–H and O–H groups in total. The zero-order valence-electron chi connectivity index (χ0n) is 8.70. The lowest BCUT2D eigenvalue weighted by atomic mass is 10.0. The lowest BCUT2D eigenvalue weighted by Crippen LogP contribution is -2.00. The summed E-state index contributed by atoms with van der Waals surface area (Å²) in [6.45, 7) is 4.06. The van der Waals surface area contributed by atoms with Crippen molar-refractivity contribution in [2.75, 3.05) is 0 Å². The first kappa shape index (κ1) is 11.0. The summed E-state index contributed by atoms with van der Waals surface area (Å²) in [5.41, 5.74) is 3.51. The van der Waals surface area contributed by atoms with Crippen LogP contribution in [0.1, 0.15) is 29.0 Å². The first-order valence-corrected chi connectivity index (χ1v) is 7.28. The van der Waals surface area contributed by atoms with Crippen molar-refractivity contribution in [1.82, 2.24) is 0 Å².